The Morgan fingerprint density at radius 1 is 1.17 bits per heavy atom. The summed E-state index contributed by atoms with van der Waals surface area (Å²) < 4.78 is 25.7. The summed E-state index contributed by atoms with van der Waals surface area (Å²) in [6.07, 6.45) is 1.79. The molecule has 1 aromatic heterocycles. The minimum Gasteiger partial charge on any atom is -0.483 e. The quantitative estimate of drug-likeness (QED) is 0.337. The number of carbonyl (C=O) groups excluding carboxylic acids is 2. The molecular formula is C25H21ClFN3O5. The topological polar surface area (TPSA) is 110 Å². The third-order valence-electron chi connectivity index (χ3n) is 4.89. The lowest BCUT2D eigenvalue weighted by Crippen LogP contribution is -2.25. The predicted molar refractivity (Wildman–Crippen MR) is 127 cm³/mol. The number of ketones is 1. The highest BCUT2D eigenvalue weighted by Crippen LogP contribution is 2.23. The first-order valence-corrected chi connectivity index (χ1v) is 10.9. The SMILES string of the molecule is COCCCn1cc(C(=O)c2cc(F)ccc2OCC(=O)Nc2ccc(Cl)cc2)cc(C#N)c1=O. The highest BCUT2D eigenvalue weighted by atomic mass is 35.5. The van der Waals surface area contributed by atoms with E-state index in [9.17, 15) is 24.0 Å². The van der Waals surface area contributed by atoms with Crippen LogP contribution >= 0.6 is 11.6 Å². The van der Waals surface area contributed by atoms with Gasteiger partial charge < -0.3 is 19.4 Å². The summed E-state index contributed by atoms with van der Waals surface area (Å²) in [4.78, 5) is 37.9. The molecular weight excluding hydrogens is 477 g/mol. The van der Waals surface area contributed by atoms with Crippen molar-refractivity contribution in [3.8, 4) is 11.8 Å². The number of hydrogen-bond acceptors (Lipinski definition) is 6. The molecule has 0 bridgehead atoms. The number of aryl methyl sites for hydroxylation is 1. The zero-order valence-corrected chi connectivity index (χ0v) is 19.5. The molecule has 35 heavy (non-hydrogen) atoms. The van der Waals surface area contributed by atoms with Gasteiger partial charge in [-0.25, -0.2) is 4.39 Å². The Hall–Kier alpha value is -4.00. The first kappa shape index (κ1) is 25.6. The average Bonchev–Trinajstić information content (AvgIpc) is 2.85. The lowest BCUT2D eigenvalue weighted by atomic mass is 10.0. The Labute approximate surface area is 205 Å². The summed E-state index contributed by atoms with van der Waals surface area (Å²) in [6, 6.07) is 12.7. The number of ether oxygens (including phenoxy) is 2. The number of benzene rings is 2. The number of nitrogens with one attached hydrogen (secondary N) is 1. The van der Waals surface area contributed by atoms with Crippen molar-refractivity contribution in [2.75, 3.05) is 25.6 Å². The molecule has 0 radical (unpaired) electrons. The maximum absolute atomic E-state index is 14.0. The van der Waals surface area contributed by atoms with E-state index in [2.05, 4.69) is 5.32 Å². The van der Waals surface area contributed by atoms with Gasteiger partial charge in [-0.2, -0.15) is 5.26 Å². The second-order valence-electron chi connectivity index (χ2n) is 7.41. The van der Waals surface area contributed by atoms with Gasteiger partial charge in [0.05, 0.1) is 5.56 Å². The van der Waals surface area contributed by atoms with Crippen molar-refractivity contribution in [3.63, 3.8) is 0 Å². The molecule has 8 nitrogen and oxygen atoms in total. The van der Waals surface area contributed by atoms with Gasteiger partial charge in [0.15, 0.2) is 12.4 Å². The van der Waals surface area contributed by atoms with Crippen LogP contribution in [0.1, 0.15) is 27.9 Å². The van der Waals surface area contributed by atoms with Gasteiger partial charge in [0.25, 0.3) is 11.5 Å². The van der Waals surface area contributed by atoms with Gasteiger partial charge in [-0.05, 0) is 55.0 Å². The van der Waals surface area contributed by atoms with E-state index in [0.717, 1.165) is 18.2 Å². The first-order valence-electron chi connectivity index (χ1n) is 10.5. The fourth-order valence-electron chi connectivity index (χ4n) is 3.22. The number of carbonyl (C=O) groups is 2. The van der Waals surface area contributed by atoms with Crippen molar-refractivity contribution in [3.05, 3.63) is 92.6 Å². The van der Waals surface area contributed by atoms with Crippen LogP contribution in [-0.2, 0) is 16.1 Å². The predicted octanol–water partition coefficient (Wildman–Crippen LogP) is 3.80. The zero-order valence-electron chi connectivity index (χ0n) is 18.7. The van der Waals surface area contributed by atoms with Crippen LogP contribution in [0.3, 0.4) is 0 Å². The largest absolute Gasteiger partial charge is 0.483 e. The molecule has 0 unspecified atom stereocenters. The van der Waals surface area contributed by atoms with Crippen LogP contribution < -0.4 is 15.6 Å². The highest BCUT2D eigenvalue weighted by Gasteiger charge is 2.20. The summed E-state index contributed by atoms with van der Waals surface area (Å²) in [7, 11) is 1.52. The Morgan fingerprint density at radius 2 is 1.91 bits per heavy atom. The summed E-state index contributed by atoms with van der Waals surface area (Å²) in [6.45, 7) is 0.154. The smallest absolute Gasteiger partial charge is 0.268 e. The molecule has 180 valence electrons. The molecule has 0 aliphatic carbocycles. The molecule has 3 aromatic rings. The second-order valence-corrected chi connectivity index (χ2v) is 7.85. The van der Waals surface area contributed by atoms with Crippen molar-refractivity contribution >= 4 is 29.0 Å². The van der Waals surface area contributed by atoms with E-state index in [0.29, 0.717) is 23.7 Å². The van der Waals surface area contributed by atoms with Crippen LogP contribution in [0, 0.1) is 17.1 Å². The number of amides is 1. The van der Waals surface area contributed by atoms with E-state index in [1.54, 1.807) is 30.3 Å². The van der Waals surface area contributed by atoms with Crippen LogP contribution in [-0.4, -0.2) is 36.6 Å². The Balaban J connectivity index is 1.84. The van der Waals surface area contributed by atoms with E-state index < -0.39 is 29.7 Å². The van der Waals surface area contributed by atoms with Crippen molar-refractivity contribution < 1.29 is 23.5 Å². The Kier molecular flexibility index (Phi) is 8.73. The fraction of sp³-hybridized carbons (Fsp3) is 0.200. The van der Waals surface area contributed by atoms with E-state index in [1.807, 2.05) is 0 Å². The number of halogens is 2. The van der Waals surface area contributed by atoms with Crippen molar-refractivity contribution in [2.24, 2.45) is 0 Å². The molecule has 10 heteroatoms. The summed E-state index contributed by atoms with van der Waals surface area (Å²) >= 11 is 5.83. The van der Waals surface area contributed by atoms with Gasteiger partial charge in [-0.15, -0.1) is 0 Å². The minimum absolute atomic E-state index is 0.000340. The molecule has 0 saturated heterocycles. The Morgan fingerprint density at radius 3 is 2.60 bits per heavy atom. The summed E-state index contributed by atoms with van der Waals surface area (Å²) in [5.74, 6) is -1.90. The fourth-order valence-corrected chi connectivity index (χ4v) is 3.35. The molecule has 2 aromatic carbocycles. The molecule has 1 heterocycles. The average molecular weight is 498 g/mol. The van der Waals surface area contributed by atoms with Crippen LogP contribution in [0.15, 0.2) is 59.5 Å². The van der Waals surface area contributed by atoms with Gasteiger partial charge in [0.1, 0.15) is 23.2 Å². The number of rotatable bonds is 10. The molecule has 0 atom stereocenters. The van der Waals surface area contributed by atoms with Gasteiger partial charge in [-0.1, -0.05) is 11.6 Å². The number of anilines is 1. The maximum atomic E-state index is 14.0. The van der Waals surface area contributed by atoms with Crippen LogP contribution in [0.5, 0.6) is 5.75 Å². The number of nitrogens with zero attached hydrogens (tertiary/aromatic N) is 2. The molecule has 1 amide bonds. The minimum atomic E-state index is -0.694. The van der Waals surface area contributed by atoms with Gasteiger partial charge in [0.2, 0.25) is 0 Å². The van der Waals surface area contributed by atoms with Gasteiger partial charge >= 0.3 is 0 Å². The monoisotopic (exact) mass is 497 g/mol. The first-order chi connectivity index (χ1) is 16.8. The van der Waals surface area contributed by atoms with Crippen molar-refractivity contribution in [1.82, 2.24) is 4.57 Å². The molecule has 3 rings (SSSR count). The standard InChI is InChI=1S/C25H21ClFN3O5/c1-34-10-2-9-30-14-17(11-16(13-28)25(30)33)24(32)21-12-19(27)5-8-22(21)35-15-23(31)29-20-6-3-18(26)4-7-20/h3-8,11-12,14H,2,9-10,15H2,1H3,(H,29,31). The number of pyridine rings is 1. The summed E-state index contributed by atoms with van der Waals surface area (Å²) in [5, 5.41) is 12.5. The number of methoxy groups -OCH3 is 1. The van der Waals surface area contributed by atoms with E-state index in [-0.39, 0.29) is 29.0 Å². The van der Waals surface area contributed by atoms with Crippen LogP contribution in [0.25, 0.3) is 0 Å². The van der Waals surface area contributed by atoms with Gasteiger partial charge in [0, 0.05) is 42.7 Å². The molecule has 0 spiro atoms. The second kappa shape index (κ2) is 11.9. The lowest BCUT2D eigenvalue weighted by molar-refractivity contribution is -0.118. The van der Waals surface area contributed by atoms with E-state index >= 15 is 0 Å². The number of nitriles is 1. The normalized spacial score (nSPS) is 10.5. The molecule has 0 aliphatic rings. The van der Waals surface area contributed by atoms with Crippen molar-refractivity contribution in [1.29, 1.82) is 5.26 Å². The Bertz CT molecular complexity index is 1330. The maximum Gasteiger partial charge on any atom is 0.268 e. The third-order valence-corrected chi connectivity index (χ3v) is 5.14. The van der Waals surface area contributed by atoms with E-state index in [4.69, 9.17) is 21.1 Å². The number of hydrogen-bond donors (Lipinski definition) is 1. The van der Waals surface area contributed by atoms with Crippen LogP contribution in [0.2, 0.25) is 5.02 Å². The highest BCUT2D eigenvalue weighted by molar-refractivity contribution is 6.30. The number of aromatic nitrogens is 1. The van der Waals surface area contributed by atoms with Crippen LogP contribution in [0.4, 0.5) is 10.1 Å². The molecule has 0 aliphatic heterocycles. The van der Waals surface area contributed by atoms with Gasteiger partial charge in [-0.3, -0.25) is 14.4 Å². The summed E-state index contributed by atoms with van der Waals surface area (Å²) in [5.41, 5.74) is -0.433. The van der Waals surface area contributed by atoms with E-state index in [1.165, 1.54) is 23.9 Å². The lowest BCUT2D eigenvalue weighted by Gasteiger charge is -2.13. The zero-order chi connectivity index (χ0) is 25.4. The molecule has 0 fully saturated rings. The molecule has 1 N–H and O–H groups in total. The van der Waals surface area contributed by atoms with Crippen molar-refractivity contribution in [2.45, 2.75) is 13.0 Å². The molecule has 0 saturated carbocycles. The third kappa shape index (κ3) is 6.76.